The van der Waals surface area contributed by atoms with E-state index in [1.165, 1.54) is 5.56 Å². The molecule has 2 aliphatic rings. The number of ether oxygens (including phenoxy) is 2. The van der Waals surface area contributed by atoms with E-state index in [2.05, 4.69) is 16.3 Å². The monoisotopic (exact) mass is 443 g/mol. The van der Waals surface area contributed by atoms with Gasteiger partial charge in [-0.25, -0.2) is 0 Å². The minimum Gasteiger partial charge on any atom is -0.454 e. The lowest BCUT2D eigenvalue weighted by Gasteiger charge is -2.34. The van der Waals surface area contributed by atoms with Gasteiger partial charge in [-0.3, -0.25) is 14.5 Å². The van der Waals surface area contributed by atoms with Crippen molar-refractivity contribution in [1.82, 2.24) is 9.80 Å². The van der Waals surface area contributed by atoms with Gasteiger partial charge in [-0.2, -0.15) is 0 Å². The molecule has 2 heterocycles. The van der Waals surface area contributed by atoms with Crippen molar-refractivity contribution in [3.63, 3.8) is 0 Å². The SMILES string of the molecule is O=C(Nc1cccc(C(=O)N2CCN(Cc3ccc4c(c3)OCO4)CC2)c1)c1ccccc1. The molecule has 0 unspecified atom stereocenters. The predicted molar refractivity (Wildman–Crippen MR) is 125 cm³/mol. The van der Waals surface area contributed by atoms with Gasteiger partial charge in [0, 0.05) is 49.5 Å². The molecule has 3 aromatic rings. The van der Waals surface area contributed by atoms with Gasteiger partial charge in [0.2, 0.25) is 6.79 Å². The molecule has 168 valence electrons. The maximum Gasteiger partial charge on any atom is 0.255 e. The van der Waals surface area contributed by atoms with Crippen LogP contribution in [0.15, 0.2) is 72.8 Å². The maximum absolute atomic E-state index is 13.1. The first-order chi connectivity index (χ1) is 16.2. The van der Waals surface area contributed by atoms with Crippen LogP contribution in [0.25, 0.3) is 0 Å². The number of nitrogens with one attached hydrogen (secondary N) is 1. The zero-order valence-electron chi connectivity index (χ0n) is 18.2. The first kappa shape index (κ1) is 21.0. The lowest BCUT2D eigenvalue weighted by Crippen LogP contribution is -2.48. The molecule has 0 spiro atoms. The van der Waals surface area contributed by atoms with E-state index in [-0.39, 0.29) is 18.6 Å². The van der Waals surface area contributed by atoms with Gasteiger partial charge in [0.1, 0.15) is 0 Å². The Labute approximate surface area is 192 Å². The summed E-state index contributed by atoms with van der Waals surface area (Å²) in [6.07, 6.45) is 0. The van der Waals surface area contributed by atoms with E-state index in [0.29, 0.717) is 29.9 Å². The summed E-state index contributed by atoms with van der Waals surface area (Å²) in [5.41, 5.74) is 2.93. The van der Waals surface area contributed by atoms with Crippen LogP contribution in [0.4, 0.5) is 5.69 Å². The molecule has 1 saturated heterocycles. The van der Waals surface area contributed by atoms with Crippen molar-refractivity contribution in [1.29, 1.82) is 0 Å². The second-order valence-electron chi connectivity index (χ2n) is 8.16. The van der Waals surface area contributed by atoms with Gasteiger partial charge in [0.15, 0.2) is 11.5 Å². The number of amides is 2. The maximum atomic E-state index is 13.1. The third-order valence-corrected chi connectivity index (χ3v) is 5.91. The fraction of sp³-hybridized carbons (Fsp3) is 0.231. The van der Waals surface area contributed by atoms with Crippen molar-refractivity contribution in [3.05, 3.63) is 89.5 Å². The topological polar surface area (TPSA) is 71.1 Å². The molecule has 0 aliphatic carbocycles. The number of fused-ring (bicyclic) bond motifs is 1. The molecule has 0 radical (unpaired) electrons. The summed E-state index contributed by atoms with van der Waals surface area (Å²) < 4.78 is 10.8. The van der Waals surface area contributed by atoms with Crippen LogP contribution in [0.5, 0.6) is 11.5 Å². The number of hydrogen-bond acceptors (Lipinski definition) is 5. The summed E-state index contributed by atoms with van der Waals surface area (Å²) in [6, 6.07) is 22.2. The molecule has 2 amide bonds. The minimum absolute atomic E-state index is 0.0199. The average molecular weight is 444 g/mol. The highest BCUT2D eigenvalue weighted by atomic mass is 16.7. The van der Waals surface area contributed by atoms with Gasteiger partial charge in [0.05, 0.1) is 0 Å². The molecule has 3 aromatic carbocycles. The molecule has 0 atom stereocenters. The van der Waals surface area contributed by atoms with Crippen molar-refractivity contribution in [2.75, 3.05) is 38.3 Å². The van der Waals surface area contributed by atoms with Crippen LogP contribution >= 0.6 is 0 Å². The third-order valence-electron chi connectivity index (χ3n) is 5.91. The first-order valence-electron chi connectivity index (χ1n) is 11.0. The highest BCUT2D eigenvalue weighted by Gasteiger charge is 2.23. The van der Waals surface area contributed by atoms with Crippen molar-refractivity contribution in [3.8, 4) is 11.5 Å². The highest BCUT2D eigenvalue weighted by Crippen LogP contribution is 2.32. The van der Waals surface area contributed by atoms with E-state index < -0.39 is 0 Å². The fourth-order valence-corrected chi connectivity index (χ4v) is 4.11. The van der Waals surface area contributed by atoms with E-state index in [4.69, 9.17) is 9.47 Å². The Morgan fingerprint density at radius 2 is 1.55 bits per heavy atom. The summed E-state index contributed by atoms with van der Waals surface area (Å²) in [5.74, 6) is 1.36. The van der Waals surface area contributed by atoms with E-state index in [1.54, 1.807) is 36.4 Å². The number of carbonyl (C=O) groups excluding carboxylic acids is 2. The van der Waals surface area contributed by atoms with Crippen molar-refractivity contribution >= 4 is 17.5 Å². The molecule has 0 bridgehead atoms. The summed E-state index contributed by atoms with van der Waals surface area (Å²) in [4.78, 5) is 29.7. The van der Waals surface area contributed by atoms with Crippen molar-refractivity contribution < 1.29 is 19.1 Å². The van der Waals surface area contributed by atoms with Gasteiger partial charge in [-0.15, -0.1) is 0 Å². The zero-order valence-corrected chi connectivity index (χ0v) is 18.2. The number of rotatable bonds is 5. The smallest absolute Gasteiger partial charge is 0.255 e. The van der Waals surface area contributed by atoms with Crippen LogP contribution in [-0.4, -0.2) is 54.6 Å². The molecular formula is C26H25N3O4. The molecular weight excluding hydrogens is 418 g/mol. The summed E-state index contributed by atoms with van der Waals surface area (Å²) >= 11 is 0. The molecule has 7 heteroatoms. The molecule has 2 aliphatic heterocycles. The average Bonchev–Trinajstić information content (AvgIpc) is 3.33. The Kier molecular flexibility index (Phi) is 5.95. The van der Waals surface area contributed by atoms with E-state index in [9.17, 15) is 9.59 Å². The number of hydrogen-bond donors (Lipinski definition) is 1. The fourth-order valence-electron chi connectivity index (χ4n) is 4.11. The molecule has 5 rings (SSSR count). The number of anilines is 1. The largest absolute Gasteiger partial charge is 0.454 e. The van der Waals surface area contributed by atoms with Gasteiger partial charge >= 0.3 is 0 Å². The molecule has 33 heavy (non-hydrogen) atoms. The Bertz CT molecular complexity index is 1160. The highest BCUT2D eigenvalue weighted by molar-refractivity contribution is 6.05. The minimum atomic E-state index is -0.197. The van der Waals surface area contributed by atoms with Crippen LogP contribution in [0.2, 0.25) is 0 Å². The van der Waals surface area contributed by atoms with E-state index in [0.717, 1.165) is 31.1 Å². The first-order valence-corrected chi connectivity index (χ1v) is 11.0. The molecule has 0 saturated carbocycles. The number of piperazine rings is 1. The molecule has 1 N–H and O–H groups in total. The van der Waals surface area contributed by atoms with E-state index in [1.807, 2.05) is 35.2 Å². The Morgan fingerprint density at radius 3 is 2.36 bits per heavy atom. The van der Waals surface area contributed by atoms with Crippen molar-refractivity contribution in [2.45, 2.75) is 6.54 Å². The molecule has 1 fully saturated rings. The second-order valence-corrected chi connectivity index (χ2v) is 8.16. The number of carbonyl (C=O) groups is 2. The van der Waals surface area contributed by atoms with Gasteiger partial charge in [0.25, 0.3) is 11.8 Å². The molecule has 7 nitrogen and oxygen atoms in total. The quantitative estimate of drug-likeness (QED) is 0.652. The van der Waals surface area contributed by atoms with Crippen molar-refractivity contribution in [2.24, 2.45) is 0 Å². The standard InChI is InChI=1S/C26H25N3O4/c30-25(20-5-2-1-3-6-20)27-22-8-4-7-21(16-22)26(31)29-13-11-28(12-14-29)17-19-9-10-23-24(15-19)33-18-32-23/h1-10,15-16H,11-14,17-18H2,(H,27,30). The van der Waals surface area contributed by atoms with Crippen LogP contribution in [0.1, 0.15) is 26.3 Å². The lowest BCUT2D eigenvalue weighted by atomic mass is 10.1. The van der Waals surface area contributed by atoms with E-state index >= 15 is 0 Å². The molecule has 0 aromatic heterocycles. The lowest BCUT2D eigenvalue weighted by molar-refractivity contribution is 0.0628. The Balaban J connectivity index is 1.17. The van der Waals surface area contributed by atoms with Crippen LogP contribution in [-0.2, 0) is 6.54 Å². The summed E-state index contributed by atoms with van der Waals surface area (Å²) in [5, 5.41) is 2.87. The number of nitrogens with zero attached hydrogens (tertiary/aromatic N) is 2. The Hall–Kier alpha value is -3.84. The van der Waals surface area contributed by atoms with Crippen LogP contribution in [0.3, 0.4) is 0 Å². The van der Waals surface area contributed by atoms with Gasteiger partial charge < -0.3 is 19.7 Å². The van der Waals surface area contributed by atoms with Crippen LogP contribution in [0, 0.1) is 0 Å². The number of benzene rings is 3. The second kappa shape index (κ2) is 9.34. The predicted octanol–water partition coefficient (Wildman–Crippen LogP) is 3.63. The van der Waals surface area contributed by atoms with Gasteiger partial charge in [-0.05, 0) is 48.0 Å². The van der Waals surface area contributed by atoms with Crippen LogP contribution < -0.4 is 14.8 Å². The summed E-state index contributed by atoms with van der Waals surface area (Å²) in [6.45, 7) is 3.99. The summed E-state index contributed by atoms with van der Waals surface area (Å²) in [7, 11) is 0. The zero-order chi connectivity index (χ0) is 22.6. The Morgan fingerprint density at radius 1 is 0.788 bits per heavy atom. The van der Waals surface area contributed by atoms with Gasteiger partial charge in [-0.1, -0.05) is 30.3 Å². The third kappa shape index (κ3) is 4.83. The normalized spacial score (nSPS) is 15.3.